The van der Waals surface area contributed by atoms with E-state index >= 15 is 0 Å². The second-order valence-electron chi connectivity index (χ2n) is 8.21. The fourth-order valence-electron chi connectivity index (χ4n) is 4.18. The van der Waals surface area contributed by atoms with E-state index in [2.05, 4.69) is 62.9 Å². The Kier molecular flexibility index (Phi) is 5.55. The summed E-state index contributed by atoms with van der Waals surface area (Å²) >= 11 is 0. The van der Waals surface area contributed by atoms with E-state index in [9.17, 15) is 4.79 Å². The topological polar surface area (TPSA) is 66.0 Å². The van der Waals surface area contributed by atoms with Crippen LogP contribution in [-0.4, -0.2) is 41.3 Å². The molecular formula is C25H29N5O. The summed E-state index contributed by atoms with van der Waals surface area (Å²) in [6, 6.07) is 16.8. The molecule has 4 aromatic rings. The van der Waals surface area contributed by atoms with Gasteiger partial charge in [-0.2, -0.15) is 5.10 Å². The Hall–Kier alpha value is -3.54. The Balaban J connectivity index is 1.68. The summed E-state index contributed by atoms with van der Waals surface area (Å²) in [5, 5.41) is 8.72. The van der Waals surface area contributed by atoms with E-state index in [1.165, 1.54) is 10.9 Å². The zero-order chi connectivity index (χ0) is 22.1. The van der Waals surface area contributed by atoms with Crippen LogP contribution in [0.3, 0.4) is 0 Å². The number of hydrogen-bond acceptors (Lipinski definition) is 3. The SMILES string of the molecule is Cc1nn(C)c(C)c1C(=O)NCC(c1ccc(N(C)C)cc1)c1c[nH]c2ccccc12. The quantitative estimate of drug-likeness (QED) is 0.497. The number of hydrogen-bond donors (Lipinski definition) is 2. The van der Waals surface area contributed by atoms with Crippen LogP contribution in [-0.2, 0) is 7.05 Å². The number of para-hydroxylation sites is 1. The third-order valence-corrected chi connectivity index (χ3v) is 6.01. The summed E-state index contributed by atoms with van der Waals surface area (Å²) in [7, 11) is 5.93. The van der Waals surface area contributed by atoms with Gasteiger partial charge in [-0.15, -0.1) is 0 Å². The van der Waals surface area contributed by atoms with Crippen LogP contribution in [0.4, 0.5) is 5.69 Å². The van der Waals surface area contributed by atoms with E-state index in [0.29, 0.717) is 12.1 Å². The lowest BCUT2D eigenvalue weighted by atomic mass is 9.90. The minimum atomic E-state index is -0.0853. The Morgan fingerprint density at radius 2 is 1.84 bits per heavy atom. The molecule has 0 fully saturated rings. The molecule has 2 aromatic carbocycles. The number of amides is 1. The number of carbonyl (C=O) groups is 1. The first-order valence-corrected chi connectivity index (χ1v) is 10.5. The van der Waals surface area contributed by atoms with Gasteiger partial charge in [0.1, 0.15) is 0 Å². The highest BCUT2D eigenvalue weighted by molar-refractivity contribution is 5.96. The fourth-order valence-corrected chi connectivity index (χ4v) is 4.18. The first-order chi connectivity index (χ1) is 14.9. The lowest BCUT2D eigenvalue weighted by molar-refractivity contribution is 0.0951. The highest BCUT2D eigenvalue weighted by Crippen LogP contribution is 2.31. The van der Waals surface area contributed by atoms with Gasteiger partial charge in [0.15, 0.2) is 0 Å². The summed E-state index contributed by atoms with van der Waals surface area (Å²) in [6.07, 6.45) is 2.06. The van der Waals surface area contributed by atoms with Gasteiger partial charge in [0.2, 0.25) is 0 Å². The molecule has 0 saturated heterocycles. The van der Waals surface area contributed by atoms with E-state index in [1.54, 1.807) is 4.68 Å². The zero-order valence-corrected chi connectivity index (χ0v) is 18.7. The number of anilines is 1. The maximum Gasteiger partial charge on any atom is 0.255 e. The molecule has 1 atom stereocenters. The van der Waals surface area contributed by atoms with E-state index < -0.39 is 0 Å². The molecule has 160 valence electrons. The Morgan fingerprint density at radius 1 is 1.13 bits per heavy atom. The number of fused-ring (bicyclic) bond motifs is 1. The highest BCUT2D eigenvalue weighted by atomic mass is 16.1. The largest absolute Gasteiger partial charge is 0.378 e. The van der Waals surface area contributed by atoms with Crippen LogP contribution in [0.1, 0.15) is 38.8 Å². The van der Waals surface area contributed by atoms with E-state index in [4.69, 9.17) is 0 Å². The van der Waals surface area contributed by atoms with Crippen LogP contribution >= 0.6 is 0 Å². The molecule has 2 heterocycles. The molecule has 31 heavy (non-hydrogen) atoms. The van der Waals surface area contributed by atoms with Crippen LogP contribution in [0.15, 0.2) is 54.7 Å². The molecular weight excluding hydrogens is 386 g/mol. The number of aromatic amines is 1. The summed E-state index contributed by atoms with van der Waals surface area (Å²) < 4.78 is 1.75. The van der Waals surface area contributed by atoms with Gasteiger partial charge < -0.3 is 15.2 Å². The monoisotopic (exact) mass is 415 g/mol. The first kappa shape index (κ1) is 20.7. The minimum Gasteiger partial charge on any atom is -0.378 e. The highest BCUT2D eigenvalue weighted by Gasteiger charge is 2.22. The molecule has 6 heteroatoms. The van der Waals surface area contributed by atoms with Crippen LogP contribution in [0.5, 0.6) is 0 Å². The van der Waals surface area contributed by atoms with Crippen molar-refractivity contribution in [1.82, 2.24) is 20.1 Å². The van der Waals surface area contributed by atoms with Gasteiger partial charge in [0.05, 0.1) is 11.3 Å². The molecule has 0 bridgehead atoms. The van der Waals surface area contributed by atoms with E-state index in [-0.39, 0.29) is 11.8 Å². The van der Waals surface area contributed by atoms with Crippen molar-refractivity contribution in [3.63, 3.8) is 0 Å². The number of nitrogens with one attached hydrogen (secondary N) is 2. The second kappa shape index (κ2) is 8.30. The summed E-state index contributed by atoms with van der Waals surface area (Å²) in [5.74, 6) is -0.0635. The molecule has 2 aromatic heterocycles. The lowest BCUT2D eigenvalue weighted by Gasteiger charge is -2.20. The van der Waals surface area contributed by atoms with Gasteiger partial charge in [-0.3, -0.25) is 9.48 Å². The van der Waals surface area contributed by atoms with Crippen molar-refractivity contribution in [1.29, 1.82) is 0 Å². The number of carbonyl (C=O) groups excluding carboxylic acids is 1. The van der Waals surface area contributed by atoms with Gasteiger partial charge in [-0.05, 0) is 43.2 Å². The van der Waals surface area contributed by atoms with E-state index in [1.807, 2.05) is 47.1 Å². The Bertz CT molecular complexity index is 1220. The third kappa shape index (κ3) is 3.93. The van der Waals surface area contributed by atoms with Gasteiger partial charge in [-0.25, -0.2) is 0 Å². The molecule has 2 N–H and O–H groups in total. The molecule has 1 amide bonds. The van der Waals surface area contributed by atoms with Crippen LogP contribution in [0.2, 0.25) is 0 Å². The molecule has 0 aliphatic carbocycles. The standard InChI is InChI=1S/C25H29N5O/c1-16-24(17(2)30(5)28-16)25(31)27-14-21(18-10-12-19(13-11-18)29(3)4)22-15-26-23-9-7-6-8-20(22)23/h6-13,15,21,26H,14H2,1-5H3,(H,27,31). The number of rotatable bonds is 6. The van der Waals surface area contributed by atoms with Gasteiger partial charge in [0.25, 0.3) is 5.91 Å². The maximum absolute atomic E-state index is 13.0. The lowest BCUT2D eigenvalue weighted by Crippen LogP contribution is -2.29. The number of aromatic nitrogens is 3. The van der Waals surface area contributed by atoms with Crippen LogP contribution in [0.25, 0.3) is 10.9 Å². The summed E-state index contributed by atoms with van der Waals surface area (Å²) in [4.78, 5) is 18.5. The molecule has 0 radical (unpaired) electrons. The van der Waals surface area contributed by atoms with Crippen molar-refractivity contribution in [2.24, 2.45) is 7.05 Å². The first-order valence-electron chi connectivity index (χ1n) is 10.5. The average molecular weight is 416 g/mol. The van der Waals surface area contributed by atoms with Crippen LogP contribution in [0, 0.1) is 13.8 Å². The molecule has 4 rings (SSSR count). The smallest absolute Gasteiger partial charge is 0.255 e. The fraction of sp³-hybridized carbons (Fsp3) is 0.280. The maximum atomic E-state index is 13.0. The Morgan fingerprint density at radius 3 is 2.48 bits per heavy atom. The van der Waals surface area contributed by atoms with Crippen molar-refractivity contribution >= 4 is 22.5 Å². The van der Waals surface area contributed by atoms with E-state index in [0.717, 1.165) is 28.2 Å². The predicted molar refractivity (Wildman–Crippen MR) is 126 cm³/mol. The van der Waals surface area contributed by atoms with Crippen molar-refractivity contribution < 1.29 is 4.79 Å². The van der Waals surface area contributed by atoms with Crippen LogP contribution < -0.4 is 10.2 Å². The second-order valence-corrected chi connectivity index (χ2v) is 8.21. The predicted octanol–water partition coefficient (Wildman–Crippen LogP) is 4.15. The molecule has 0 spiro atoms. The minimum absolute atomic E-state index is 0.0218. The van der Waals surface area contributed by atoms with Gasteiger partial charge >= 0.3 is 0 Å². The zero-order valence-electron chi connectivity index (χ0n) is 18.7. The number of aryl methyl sites for hydroxylation is 2. The van der Waals surface area contributed by atoms with Crippen molar-refractivity contribution in [3.8, 4) is 0 Å². The molecule has 6 nitrogen and oxygen atoms in total. The summed E-state index contributed by atoms with van der Waals surface area (Å²) in [6.45, 7) is 4.29. The van der Waals surface area contributed by atoms with Crippen molar-refractivity contribution in [2.45, 2.75) is 19.8 Å². The molecule has 1 unspecified atom stereocenters. The normalized spacial score (nSPS) is 12.2. The van der Waals surface area contributed by atoms with Crippen molar-refractivity contribution in [3.05, 3.63) is 82.8 Å². The molecule has 0 saturated carbocycles. The third-order valence-electron chi connectivity index (χ3n) is 6.01. The van der Waals surface area contributed by atoms with Crippen molar-refractivity contribution in [2.75, 3.05) is 25.5 Å². The Labute approximate surface area is 182 Å². The van der Waals surface area contributed by atoms with Gasteiger partial charge in [-0.1, -0.05) is 30.3 Å². The number of nitrogens with zero attached hydrogens (tertiary/aromatic N) is 3. The molecule has 0 aliphatic heterocycles. The average Bonchev–Trinajstić information content (AvgIpc) is 3.29. The number of H-pyrrole nitrogens is 1. The number of benzene rings is 2. The van der Waals surface area contributed by atoms with Gasteiger partial charge in [0, 0.05) is 62.1 Å². The molecule has 0 aliphatic rings. The summed E-state index contributed by atoms with van der Waals surface area (Å²) in [5.41, 5.74) is 6.85.